The quantitative estimate of drug-likeness (QED) is 0.897. The number of hydrogen-bond acceptors (Lipinski definition) is 3. The standard InChI is InChI=1S/C21H23NO4/c1-15-13-22(14-19(26-15)21(24)25)20(23)12-18(16-8-4-2-5-9-16)17-10-6-3-7-11-17/h2-11,15,18-19H,12-14H2,1H3,(H,24,25)/t15-,19?/m1/s1. The first-order valence-electron chi connectivity index (χ1n) is 8.80. The van der Waals surface area contributed by atoms with Crippen LogP contribution < -0.4 is 0 Å². The van der Waals surface area contributed by atoms with Gasteiger partial charge >= 0.3 is 5.97 Å². The largest absolute Gasteiger partial charge is 0.479 e. The summed E-state index contributed by atoms with van der Waals surface area (Å²) in [6.07, 6.45) is -0.956. The van der Waals surface area contributed by atoms with E-state index in [1.54, 1.807) is 11.8 Å². The normalized spacial score (nSPS) is 20.2. The average Bonchev–Trinajstić information content (AvgIpc) is 2.66. The number of hydrogen-bond donors (Lipinski definition) is 1. The van der Waals surface area contributed by atoms with Crippen LogP contribution in [0.25, 0.3) is 0 Å². The molecule has 26 heavy (non-hydrogen) atoms. The third-order valence-corrected chi connectivity index (χ3v) is 4.67. The molecule has 0 saturated carbocycles. The van der Waals surface area contributed by atoms with Gasteiger partial charge in [-0.2, -0.15) is 0 Å². The summed E-state index contributed by atoms with van der Waals surface area (Å²) in [6.45, 7) is 2.30. The Labute approximate surface area is 153 Å². The highest BCUT2D eigenvalue weighted by Gasteiger charge is 2.33. The van der Waals surface area contributed by atoms with Crippen molar-refractivity contribution in [3.05, 3.63) is 71.8 Å². The molecule has 0 bridgehead atoms. The van der Waals surface area contributed by atoms with E-state index < -0.39 is 12.1 Å². The van der Waals surface area contributed by atoms with Gasteiger partial charge in [0.15, 0.2) is 6.10 Å². The van der Waals surface area contributed by atoms with E-state index in [1.165, 1.54) is 0 Å². The molecular weight excluding hydrogens is 330 g/mol. The van der Waals surface area contributed by atoms with Crippen LogP contribution in [-0.4, -0.2) is 47.2 Å². The van der Waals surface area contributed by atoms with Crippen LogP contribution in [0.4, 0.5) is 0 Å². The predicted octanol–water partition coefficient (Wildman–Crippen LogP) is 2.91. The predicted molar refractivity (Wildman–Crippen MR) is 97.9 cm³/mol. The van der Waals surface area contributed by atoms with Crippen LogP contribution in [0.15, 0.2) is 60.7 Å². The molecule has 1 N–H and O–H groups in total. The summed E-state index contributed by atoms with van der Waals surface area (Å²) in [5.41, 5.74) is 2.14. The molecule has 136 valence electrons. The highest BCUT2D eigenvalue weighted by molar-refractivity contribution is 5.80. The van der Waals surface area contributed by atoms with Gasteiger partial charge in [-0.15, -0.1) is 0 Å². The lowest BCUT2D eigenvalue weighted by atomic mass is 9.88. The van der Waals surface area contributed by atoms with E-state index in [0.29, 0.717) is 13.0 Å². The van der Waals surface area contributed by atoms with Crippen molar-refractivity contribution in [3.63, 3.8) is 0 Å². The van der Waals surface area contributed by atoms with Gasteiger partial charge in [0, 0.05) is 18.9 Å². The minimum absolute atomic E-state index is 0.0518. The van der Waals surface area contributed by atoms with Gasteiger partial charge < -0.3 is 14.7 Å². The Morgan fingerprint density at radius 3 is 2.08 bits per heavy atom. The zero-order valence-corrected chi connectivity index (χ0v) is 14.7. The molecule has 0 spiro atoms. The number of carbonyl (C=O) groups excluding carboxylic acids is 1. The van der Waals surface area contributed by atoms with Gasteiger partial charge in [0.25, 0.3) is 0 Å². The Morgan fingerprint density at radius 2 is 1.58 bits per heavy atom. The summed E-state index contributed by atoms with van der Waals surface area (Å²) in [4.78, 5) is 25.8. The Kier molecular flexibility index (Phi) is 5.68. The van der Waals surface area contributed by atoms with Crippen molar-refractivity contribution in [2.45, 2.75) is 31.5 Å². The molecule has 1 heterocycles. The van der Waals surface area contributed by atoms with Crippen molar-refractivity contribution >= 4 is 11.9 Å². The van der Waals surface area contributed by atoms with E-state index in [-0.39, 0.29) is 24.5 Å². The third kappa shape index (κ3) is 4.29. The van der Waals surface area contributed by atoms with Crippen molar-refractivity contribution in [3.8, 4) is 0 Å². The number of carboxylic acid groups (broad SMARTS) is 1. The summed E-state index contributed by atoms with van der Waals surface area (Å²) < 4.78 is 5.41. The number of nitrogens with zero attached hydrogens (tertiary/aromatic N) is 1. The lowest BCUT2D eigenvalue weighted by Crippen LogP contribution is -2.52. The summed E-state index contributed by atoms with van der Waals surface area (Å²) in [7, 11) is 0. The summed E-state index contributed by atoms with van der Waals surface area (Å²) >= 11 is 0. The summed E-state index contributed by atoms with van der Waals surface area (Å²) in [5.74, 6) is -1.15. The molecule has 3 rings (SSSR count). The Bertz CT molecular complexity index is 708. The summed E-state index contributed by atoms with van der Waals surface area (Å²) in [6, 6.07) is 19.8. The Hall–Kier alpha value is -2.66. The Morgan fingerprint density at radius 1 is 1.04 bits per heavy atom. The van der Waals surface area contributed by atoms with Gasteiger partial charge in [0.2, 0.25) is 5.91 Å². The molecule has 1 unspecified atom stereocenters. The average molecular weight is 353 g/mol. The third-order valence-electron chi connectivity index (χ3n) is 4.67. The highest BCUT2D eigenvalue weighted by Crippen LogP contribution is 2.29. The zero-order chi connectivity index (χ0) is 18.5. The van der Waals surface area contributed by atoms with Gasteiger partial charge in [-0.05, 0) is 18.1 Å². The van der Waals surface area contributed by atoms with Crippen molar-refractivity contribution in [1.29, 1.82) is 0 Å². The second-order valence-electron chi connectivity index (χ2n) is 6.65. The molecule has 2 atom stereocenters. The van der Waals surface area contributed by atoms with Crippen molar-refractivity contribution in [2.75, 3.05) is 13.1 Å². The molecule has 2 aromatic carbocycles. The van der Waals surface area contributed by atoms with E-state index in [4.69, 9.17) is 4.74 Å². The fourth-order valence-corrected chi connectivity index (χ4v) is 3.39. The van der Waals surface area contributed by atoms with Crippen molar-refractivity contribution in [2.24, 2.45) is 0 Å². The lowest BCUT2D eigenvalue weighted by molar-refractivity contribution is -0.166. The first kappa shape index (κ1) is 18.1. The fraction of sp³-hybridized carbons (Fsp3) is 0.333. The maximum absolute atomic E-state index is 12.9. The number of ether oxygens (including phenoxy) is 1. The number of carbonyl (C=O) groups is 2. The highest BCUT2D eigenvalue weighted by atomic mass is 16.5. The van der Waals surface area contributed by atoms with Crippen LogP contribution in [0, 0.1) is 0 Å². The SMILES string of the molecule is C[C@@H]1CN(C(=O)CC(c2ccccc2)c2ccccc2)CC(C(=O)O)O1. The second-order valence-corrected chi connectivity index (χ2v) is 6.65. The molecule has 1 amide bonds. The molecule has 1 aliphatic rings. The van der Waals surface area contributed by atoms with Crippen molar-refractivity contribution < 1.29 is 19.4 Å². The monoisotopic (exact) mass is 353 g/mol. The van der Waals surface area contributed by atoms with E-state index in [2.05, 4.69) is 0 Å². The van der Waals surface area contributed by atoms with Gasteiger partial charge in [-0.25, -0.2) is 4.79 Å². The number of rotatable bonds is 5. The maximum atomic E-state index is 12.9. The zero-order valence-electron chi connectivity index (χ0n) is 14.7. The minimum atomic E-state index is -1.03. The van der Waals surface area contributed by atoms with Crippen LogP contribution in [0.3, 0.4) is 0 Å². The maximum Gasteiger partial charge on any atom is 0.334 e. The van der Waals surface area contributed by atoms with E-state index in [9.17, 15) is 14.7 Å². The lowest BCUT2D eigenvalue weighted by Gasteiger charge is -2.35. The molecule has 1 saturated heterocycles. The fourth-order valence-electron chi connectivity index (χ4n) is 3.39. The molecule has 0 aromatic heterocycles. The van der Waals surface area contributed by atoms with Gasteiger partial charge in [0.1, 0.15) is 0 Å². The van der Waals surface area contributed by atoms with Gasteiger partial charge in [-0.3, -0.25) is 4.79 Å². The first-order chi connectivity index (χ1) is 12.5. The van der Waals surface area contributed by atoms with Crippen LogP contribution in [-0.2, 0) is 14.3 Å². The smallest absolute Gasteiger partial charge is 0.334 e. The molecule has 2 aromatic rings. The van der Waals surface area contributed by atoms with Gasteiger partial charge in [-0.1, -0.05) is 60.7 Å². The molecular formula is C21H23NO4. The minimum Gasteiger partial charge on any atom is -0.479 e. The molecule has 1 aliphatic heterocycles. The van der Waals surface area contributed by atoms with Gasteiger partial charge in [0.05, 0.1) is 12.6 Å². The number of morpholine rings is 1. The van der Waals surface area contributed by atoms with Crippen LogP contribution in [0.1, 0.15) is 30.4 Å². The Balaban J connectivity index is 1.80. The van der Waals surface area contributed by atoms with E-state index in [0.717, 1.165) is 11.1 Å². The number of aliphatic carboxylic acids is 1. The molecule has 1 fully saturated rings. The van der Waals surface area contributed by atoms with Crippen LogP contribution >= 0.6 is 0 Å². The summed E-state index contributed by atoms with van der Waals surface area (Å²) in [5, 5.41) is 9.23. The van der Waals surface area contributed by atoms with E-state index in [1.807, 2.05) is 60.7 Å². The first-order valence-corrected chi connectivity index (χ1v) is 8.80. The number of carboxylic acids is 1. The van der Waals surface area contributed by atoms with Crippen LogP contribution in [0.2, 0.25) is 0 Å². The molecule has 5 nitrogen and oxygen atoms in total. The van der Waals surface area contributed by atoms with Crippen LogP contribution in [0.5, 0.6) is 0 Å². The second kappa shape index (κ2) is 8.15. The number of benzene rings is 2. The molecule has 0 aliphatic carbocycles. The van der Waals surface area contributed by atoms with Crippen molar-refractivity contribution in [1.82, 2.24) is 4.90 Å². The molecule has 5 heteroatoms. The number of amides is 1. The van der Waals surface area contributed by atoms with E-state index >= 15 is 0 Å². The molecule has 0 radical (unpaired) electrons. The topological polar surface area (TPSA) is 66.8 Å².